The minimum atomic E-state index is -0.194. The van der Waals surface area contributed by atoms with Crippen LogP contribution < -0.4 is 15.0 Å². The molecule has 1 aliphatic heterocycles. The summed E-state index contributed by atoms with van der Waals surface area (Å²) in [5.41, 5.74) is 2.75. The van der Waals surface area contributed by atoms with Gasteiger partial charge in [0, 0.05) is 30.0 Å². The fourth-order valence-corrected chi connectivity index (χ4v) is 3.43. The SMILES string of the molecule is COc1ccc(-c2noc(CC(=O)Nc3ccc(N4CCCCC4)cc3)n2)cc1. The fourth-order valence-electron chi connectivity index (χ4n) is 3.43. The number of hydrogen-bond donors (Lipinski definition) is 1. The zero-order chi connectivity index (χ0) is 20.1. The van der Waals surface area contributed by atoms with Crippen LogP contribution in [0.2, 0.25) is 0 Å². The Morgan fingerprint density at radius 1 is 1.07 bits per heavy atom. The summed E-state index contributed by atoms with van der Waals surface area (Å²) in [5, 5.41) is 6.84. The fraction of sp³-hybridized carbons (Fsp3) is 0.318. The average molecular weight is 392 g/mol. The molecule has 150 valence electrons. The lowest BCUT2D eigenvalue weighted by molar-refractivity contribution is -0.115. The zero-order valence-corrected chi connectivity index (χ0v) is 16.4. The number of carbonyl (C=O) groups excluding carboxylic acids is 1. The normalized spacial score (nSPS) is 13.9. The molecule has 1 fully saturated rings. The summed E-state index contributed by atoms with van der Waals surface area (Å²) in [4.78, 5) is 19.0. The van der Waals surface area contributed by atoms with Crippen molar-refractivity contribution < 1.29 is 14.1 Å². The Kier molecular flexibility index (Phi) is 5.74. The molecule has 0 unspecified atom stereocenters. The minimum Gasteiger partial charge on any atom is -0.497 e. The van der Waals surface area contributed by atoms with Gasteiger partial charge < -0.3 is 19.5 Å². The molecule has 0 atom stereocenters. The summed E-state index contributed by atoms with van der Waals surface area (Å²) in [7, 11) is 1.61. The van der Waals surface area contributed by atoms with Gasteiger partial charge in [-0.15, -0.1) is 0 Å². The van der Waals surface area contributed by atoms with E-state index >= 15 is 0 Å². The van der Waals surface area contributed by atoms with E-state index in [2.05, 4.69) is 32.5 Å². The van der Waals surface area contributed by atoms with Gasteiger partial charge in [0.1, 0.15) is 12.2 Å². The highest BCUT2D eigenvalue weighted by atomic mass is 16.5. The van der Waals surface area contributed by atoms with E-state index in [1.54, 1.807) is 7.11 Å². The van der Waals surface area contributed by atoms with Crippen molar-refractivity contribution in [2.75, 3.05) is 30.4 Å². The highest BCUT2D eigenvalue weighted by molar-refractivity contribution is 5.91. The first-order valence-electron chi connectivity index (χ1n) is 9.83. The average Bonchev–Trinajstić information content (AvgIpc) is 3.23. The number of carbonyl (C=O) groups is 1. The van der Waals surface area contributed by atoms with Gasteiger partial charge in [0.25, 0.3) is 0 Å². The molecular weight excluding hydrogens is 368 g/mol. The molecule has 1 aromatic heterocycles. The molecule has 0 aliphatic carbocycles. The van der Waals surface area contributed by atoms with Crippen molar-refractivity contribution in [3.63, 3.8) is 0 Å². The molecule has 4 rings (SSSR count). The van der Waals surface area contributed by atoms with Crippen molar-refractivity contribution in [2.45, 2.75) is 25.7 Å². The van der Waals surface area contributed by atoms with Gasteiger partial charge >= 0.3 is 0 Å². The summed E-state index contributed by atoms with van der Waals surface area (Å²) in [5.74, 6) is 1.28. The molecule has 1 aliphatic rings. The number of amides is 1. The van der Waals surface area contributed by atoms with Crippen LogP contribution in [0.4, 0.5) is 11.4 Å². The van der Waals surface area contributed by atoms with Gasteiger partial charge in [-0.25, -0.2) is 0 Å². The van der Waals surface area contributed by atoms with Crippen molar-refractivity contribution in [3.05, 3.63) is 54.4 Å². The van der Waals surface area contributed by atoms with Gasteiger partial charge in [-0.1, -0.05) is 5.16 Å². The van der Waals surface area contributed by atoms with E-state index in [1.165, 1.54) is 24.9 Å². The van der Waals surface area contributed by atoms with E-state index in [4.69, 9.17) is 9.26 Å². The Hall–Kier alpha value is -3.35. The number of piperidine rings is 1. The molecule has 2 heterocycles. The molecule has 0 spiro atoms. The number of aromatic nitrogens is 2. The van der Waals surface area contributed by atoms with E-state index < -0.39 is 0 Å². The van der Waals surface area contributed by atoms with Gasteiger partial charge in [0.05, 0.1) is 7.11 Å². The van der Waals surface area contributed by atoms with Crippen molar-refractivity contribution >= 4 is 17.3 Å². The number of methoxy groups -OCH3 is 1. The van der Waals surface area contributed by atoms with Crippen molar-refractivity contribution in [3.8, 4) is 17.1 Å². The summed E-state index contributed by atoms with van der Waals surface area (Å²) < 4.78 is 10.4. The predicted octanol–water partition coefficient (Wildman–Crippen LogP) is 3.92. The van der Waals surface area contributed by atoms with Crippen molar-refractivity contribution in [1.29, 1.82) is 0 Å². The second kappa shape index (κ2) is 8.77. The lowest BCUT2D eigenvalue weighted by atomic mass is 10.1. The van der Waals surface area contributed by atoms with E-state index in [-0.39, 0.29) is 18.2 Å². The number of benzene rings is 2. The molecule has 7 nitrogen and oxygen atoms in total. The van der Waals surface area contributed by atoms with Crippen LogP contribution in [-0.2, 0) is 11.2 Å². The molecule has 1 saturated heterocycles. The summed E-state index contributed by atoms with van der Waals surface area (Å²) in [6, 6.07) is 15.3. The third-order valence-electron chi connectivity index (χ3n) is 5.00. The van der Waals surface area contributed by atoms with Gasteiger partial charge in [-0.05, 0) is 67.8 Å². The van der Waals surface area contributed by atoms with E-state index in [9.17, 15) is 4.79 Å². The Bertz CT molecular complexity index is 945. The monoisotopic (exact) mass is 392 g/mol. The van der Waals surface area contributed by atoms with Crippen molar-refractivity contribution in [2.24, 2.45) is 0 Å². The van der Waals surface area contributed by atoms with Crippen molar-refractivity contribution in [1.82, 2.24) is 10.1 Å². The lowest BCUT2D eigenvalue weighted by Crippen LogP contribution is -2.29. The molecule has 7 heteroatoms. The first-order valence-corrected chi connectivity index (χ1v) is 9.83. The number of rotatable bonds is 6. The van der Waals surface area contributed by atoms with Crippen LogP contribution in [0.3, 0.4) is 0 Å². The number of ether oxygens (including phenoxy) is 1. The molecule has 29 heavy (non-hydrogen) atoms. The topological polar surface area (TPSA) is 80.5 Å². The van der Waals surface area contributed by atoms with E-state index in [0.717, 1.165) is 30.1 Å². The van der Waals surface area contributed by atoms with Crippen LogP contribution in [0.5, 0.6) is 5.75 Å². The number of nitrogens with one attached hydrogen (secondary N) is 1. The lowest BCUT2D eigenvalue weighted by Gasteiger charge is -2.28. The third-order valence-corrected chi connectivity index (χ3v) is 5.00. The van der Waals surface area contributed by atoms with Gasteiger partial charge in [-0.3, -0.25) is 4.79 Å². The summed E-state index contributed by atoms with van der Waals surface area (Å²) in [6.45, 7) is 2.19. The Labute approximate surface area is 169 Å². The quantitative estimate of drug-likeness (QED) is 0.685. The van der Waals surface area contributed by atoms with E-state index in [0.29, 0.717) is 5.82 Å². The van der Waals surface area contributed by atoms with Crippen LogP contribution in [0.1, 0.15) is 25.2 Å². The highest BCUT2D eigenvalue weighted by Gasteiger charge is 2.14. The zero-order valence-electron chi connectivity index (χ0n) is 16.4. The van der Waals surface area contributed by atoms with Crippen LogP contribution in [0.15, 0.2) is 53.1 Å². The van der Waals surface area contributed by atoms with Crippen LogP contribution in [0, 0.1) is 0 Å². The first kappa shape index (κ1) is 19.0. The third kappa shape index (κ3) is 4.74. The first-order chi connectivity index (χ1) is 14.2. The summed E-state index contributed by atoms with van der Waals surface area (Å²) >= 11 is 0. The number of nitrogens with zero attached hydrogens (tertiary/aromatic N) is 3. The van der Waals surface area contributed by atoms with E-state index in [1.807, 2.05) is 36.4 Å². The van der Waals surface area contributed by atoms with Crippen LogP contribution >= 0.6 is 0 Å². The van der Waals surface area contributed by atoms with Gasteiger partial charge in [0.15, 0.2) is 0 Å². The Morgan fingerprint density at radius 2 is 1.79 bits per heavy atom. The maximum Gasteiger partial charge on any atom is 0.236 e. The number of hydrogen-bond acceptors (Lipinski definition) is 6. The maximum atomic E-state index is 12.3. The number of anilines is 2. The Balaban J connectivity index is 1.34. The molecule has 0 bridgehead atoms. The molecule has 3 aromatic rings. The predicted molar refractivity (Wildman–Crippen MR) is 111 cm³/mol. The summed E-state index contributed by atoms with van der Waals surface area (Å²) in [6.07, 6.45) is 3.81. The standard InChI is InChI=1S/C22H24N4O3/c1-28-19-11-5-16(6-12-19)22-24-21(29-25-22)15-20(27)23-17-7-9-18(10-8-17)26-13-3-2-4-14-26/h5-12H,2-4,13-15H2,1H3,(H,23,27). The van der Waals surface area contributed by atoms with Crippen LogP contribution in [0.25, 0.3) is 11.4 Å². The van der Waals surface area contributed by atoms with Gasteiger partial charge in [0.2, 0.25) is 17.6 Å². The Morgan fingerprint density at radius 3 is 2.48 bits per heavy atom. The molecule has 1 N–H and O–H groups in total. The molecule has 0 saturated carbocycles. The molecule has 1 amide bonds. The minimum absolute atomic E-state index is 0.0248. The second-order valence-corrected chi connectivity index (χ2v) is 7.06. The molecular formula is C22H24N4O3. The van der Waals surface area contributed by atoms with Crippen LogP contribution in [-0.4, -0.2) is 36.2 Å². The molecule has 2 aromatic carbocycles. The maximum absolute atomic E-state index is 12.3. The highest BCUT2D eigenvalue weighted by Crippen LogP contribution is 2.22. The second-order valence-electron chi connectivity index (χ2n) is 7.06. The van der Waals surface area contributed by atoms with Gasteiger partial charge in [-0.2, -0.15) is 4.98 Å². The molecule has 0 radical (unpaired) electrons. The largest absolute Gasteiger partial charge is 0.497 e. The smallest absolute Gasteiger partial charge is 0.236 e.